The molecule has 0 aliphatic carbocycles. The largest absolute Gasteiger partial charge is 1.00 e. The molecule has 0 amide bonds. The zero-order valence-electron chi connectivity index (χ0n) is 77.2. The Labute approximate surface area is 829 Å². The van der Waals surface area contributed by atoms with Gasteiger partial charge in [-0.15, -0.1) is 36.2 Å². The fourth-order valence-corrected chi connectivity index (χ4v) is 18.4. The van der Waals surface area contributed by atoms with Gasteiger partial charge in [0.2, 0.25) is 0 Å². The summed E-state index contributed by atoms with van der Waals surface area (Å²) in [5.74, 6) is 4.81. The van der Waals surface area contributed by atoms with Crippen LogP contribution in [0.15, 0.2) is 306 Å². The number of carbonyl (C=O) groups excluding carboxylic acids is 5. The second kappa shape index (κ2) is 68.5. The monoisotopic (exact) mass is 2040 g/mol. The van der Waals surface area contributed by atoms with E-state index in [1.807, 2.05) is 93.6 Å². The number of alkyl halides is 15. The molecule has 0 radical (unpaired) electrons. The van der Waals surface area contributed by atoms with Gasteiger partial charge < -0.3 is 46.5 Å². The number of thioether (sulfide) groups is 2. The summed E-state index contributed by atoms with van der Waals surface area (Å²) in [5.41, 5.74) is 3.11. The van der Waals surface area contributed by atoms with Gasteiger partial charge in [0, 0.05) is 32.8 Å². The predicted molar refractivity (Wildman–Crippen MR) is 513 cm³/mol. The maximum atomic E-state index is 12.5. The summed E-state index contributed by atoms with van der Waals surface area (Å²) >= 11 is 7.68. The topological polar surface area (TPSA) is 172 Å². The summed E-state index contributed by atoms with van der Waals surface area (Å²) < 4.78 is 205. The van der Waals surface area contributed by atoms with Crippen LogP contribution in [0.2, 0.25) is 0 Å². The average Bonchev–Trinajstić information content (AvgIpc) is 0.756. The minimum atomic E-state index is -4.28. The van der Waals surface area contributed by atoms with Crippen molar-refractivity contribution in [3.05, 3.63) is 358 Å². The molecule has 11 nitrogen and oxygen atoms in total. The number of hydrogen-bond acceptors (Lipinski definition) is 14. The van der Waals surface area contributed by atoms with Gasteiger partial charge in [-0.25, -0.2) is 0 Å². The fourth-order valence-electron chi connectivity index (χ4n) is 11.8. The molecule has 0 aliphatic rings. The molecule has 137 heavy (non-hydrogen) atoms. The van der Waals surface area contributed by atoms with Crippen LogP contribution in [0.5, 0.6) is 23.0 Å². The molecular formula is C105H110BrF15LiO11PS3. The molecule has 0 saturated heterocycles. The molecule has 0 atom stereocenters. The molecule has 732 valence electrons. The van der Waals surface area contributed by atoms with E-state index in [0.29, 0.717) is 17.7 Å². The van der Waals surface area contributed by atoms with Crippen molar-refractivity contribution in [3.63, 3.8) is 0 Å². The minimum absolute atomic E-state index is 0. The predicted octanol–water partition coefficient (Wildman–Crippen LogP) is 23.2. The van der Waals surface area contributed by atoms with Crippen LogP contribution in [0.25, 0.3) is 24.3 Å². The molecule has 11 aromatic rings. The summed E-state index contributed by atoms with van der Waals surface area (Å²) in [6.45, 7) is 14.8. The van der Waals surface area contributed by atoms with Crippen molar-refractivity contribution in [3.8, 4) is 23.0 Å². The number of benzene rings is 11. The van der Waals surface area contributed by atoms with E-state index < -0.39 is 66.0 Å². The third-order valence-corrected chi connectivity index (χ3v) is 25.3. The van der Waals surface area contributed by atoms with Crippen LogP contribution >= 0.6 is 43.4 Å². The number of aliphatic hydroxyl groups is 1. The SMILES string of the molecule is CC(=O)COc1ccc(S)cc1C.CCCC=Cc1ccc(C(F)(F)F)cc1.CCCC[P+](c1ccccc1)(c1ccccc1)c1ccccc1.CCCOc1ccc(SCCC=Cc2ccc(C(F)(F)F)cc2)cc1C.COc1ccc(C(F)(F)F)cc1.COc1ccc(SCC/C=C/c2ccc(C(F)(F)F)cc2)cc1C.O=C=O.O=C=O.OCCC=Cc1ccc(C(F)(F)F)cc1.[Br-].[Li+].[OH-]. The normalized spacial score (nSPS) is 11.0. The third kappa shape index (κ3) is 50.6. The van der Waals surface area contributed by atoms with Gasteiger partial charge in [-0.05, 0) is 269 Å². The van der Waals surface area contributed by atoms with Crippen molar-refractivity contribution in [1.29, 1.82) is 0 Å². The van der Waals surface area contributed by atoms with Gasteiger partial charge in [0.15, 0.2) is 5.78 Å². The number of Topliss-reactive ketones (excluding diaryl/α,β-unsaturated/α-hetero) is 1. The second-order valence-electron chi connectivity index (χ2n) is 28.8. The Morgan fingerprint density at radius 2 is 0.708 bits per heavy atom. The van der Waals surface area contributed by atoms with E-state index in [1.165, 1.54) is 119 Å². The molecule has 0 spiro atoms. The Bertz CT molecular complexity index is 5180. The number of thiol groups is 1. The Morgan fingerprint density at radius 1 is 0.401 bits per heavy atom. The molecule has 11 rings (SSSR count). The van der Waals surface area contributed by atoms with E-state index in [9.17, 15) is 70.7 Å². The van der Waals surface area contributed by atoms with Gasteiger partial charge in [0.25, 0.3) is 0 Å². The quantitative estimate of drug-likeness (QED) is 0.0109. The summed E-state index contributed by atoms with van der Waals surface area (Å²) in [5, 5.41) is 13.0. The zero-order valence-corrected chi connectivity index (χ0v) is 82.3. The van der Waals surface area contributed by atoms with Crippen molar-refractivity contribution >= 4 is 102 Å². The number of halogens is 16. The van der Waals surface area contributed by atoms with Gasteiger partial charge >= 0.3 is 62.0 Å². The van der Waals surface area contributed by atoms with Gasteiger partial charge in [-0.3, -0.25) is 4.79 Å². The molecule has 32 heteroatoms. The van der Waals surface area contributed by atoms with Gasteiger partial charge in [-0.2, -0.15) is 85.0 Å². The Balaban J connectivity index is 0.00000158. The van der Waals surface area contributed by atoms with E-state index in [0.717, 1.165) is 166 Å². The minimum Gasteiger partial charge on any atom is -1.00 e. The average molecular weight is 2050 g/mol. The van der Waals surface area contributed by atoms with Crippen molar-refractivity contribution in [1.82, 2.24) is 0 Å². The molecule has 0 aromatic heterocycles. The fraction of sp³-hybridized carbons (Fsp3) is 0.267. The number of unbranched alkanes of at least 4 members (excludes halogenated alkanes) is 2. The maximum Gasteiger partial charge on any atom is 1.00 e. The van der Waals surface area contributed by atoms with Crippen LogP contribution in [0, 0.1) is 20.8 Å². The molecule has 2 N–H and O–H groups in total. The number of allylic oxidation sites excluding steroid dienone is 3. The first-order chi connectivity index (χ1) is 63.7. The van der Waals surface area contributed by atoms with Crippen molar-refractivity contribution in [2.45, 2.75) is 145 Å². The van der Waals surface area contributed by atoms with Crippen LogP contribution < -0.4 is 70.7 Å². The standard InChI is InChI=1S/C22H24P.C21H23F3OS.C19H19F3OS.C12H13F3.C11H11F3O.C10H12O2S.C8H7F3O.2CO2.BrH.Li.H2O/c1-2-3-19-23(20-13-7-4-8-14-20,21-15-9-5-10-16-21)22-17-11-6-12-18-22;1-3-13-25-20-12-11-19(15-16(20)2)26-14-5-4-6-17-7-9-18(10-8-17)21(22,23)24;1-14-13-17(10-11-18(14)23-2)24-12-4-3-5-15-6-8-16(9-7-15)19(20,21)22;1-2-3-4-5-10-6-8-11(9-7-10)12(13,14)15;12-11(13,14)10-6-4-9(5-7-10)3-1-2-8-15;1-7-5-9(13)3-4-10(7)12-6-8(2)11;1-12-7-4-2-6(3-5-7)8(9,10)11;2*2-1-3;;;/h4-18H,2-3,19H2,1H3;4,6-12,15H,3,5,13-14H2,1-2H3;3,5-11,13H,4,12H2,1-2H3;4-9H,2-3H2,1H3;1,3-7,15H,2,8H2;3-5,13H,6H2,1-2H3;2-5H,1H3;;;1H;;1H2/q+1;;;;;;;;;;+1;/p-2/b;;5-3+;;;;;;;;;. The zero-order chi connectivity index (χ0) is 99.6. The molecule has 0 heterocycles. The van der Waals surface area contributed by atoms with Crippen molar-refractivity contribution in [2.24, 2.45) is 0 Å². The molecule has 11 aromatic carbocycles. The molecular weight excluding hydrogens is 1940 g/mol. The van der Waals surface area contributed by atoms with Crippen molar-refractivity contribution < 1.29 is 155 Å². The van der Waals surface area contributed by atoms with Crippen LogP contribution in [0.4, 0.5) is 65.9 Å². The number of carbonyl (C=O) groups is 1. The number of aliphatic hydroxyl groups excluding tert-OH is 1. The molecule has 0 fully saturated rings. The van der Waals surface area contributed by atoms with Crippen LogP contribution in [-0.4, -0.2) is 80.4 Å². The van der Waals surface area contributed by atoms with E-state index >= 15 is 0 Å². The van der Waals surface area contributed by atoms with Crippen LogP contribution in [-0.2, 0) is 54.9 Å². The number of ether oxygens (including phenoxy) is 4. The van der Waals surface area contributed by atoms with Crippen LogP contribution in [0.1, 0.15) is 146 Å². The number of ketones is 1. The van der Waals surface area contributed by atoms with Gasteiger partial charge in [0.1, 0.15) is 52.8 Å². The first-order valence-electron chi connectivity index (χ1n) is 42.0. The van der Waals surface area contributed by atoms with E-state index in [1.54, 1.807) is 42.8 Å². The molecule has 0 bridgehead atoms. The Hall–Kier alpha value is -10.6. The van der Waals surface area contributed by atoms with E-state index in [4.69, 9.17) is 43.2 Å². The number of methoxy groups -OCH3 is 2. The van der Waals surface area contributed by atoms with Gasteiger partial charge in [-0.1, -0.05) is 185 Å². The summed E-state index contributed by atoms with van der Waals surface area (Å²) in [6, 6.07) is 76.2. The second-order valence-corrected chi connectivity index (χ2v) is 35.3. The first-order valence-corrected chi connectivity index (χ1v) is 46.4. The molecule has 0 unspecified atom stereocenters. The molecule has 0 saturated carbocycles. The third-order valence-electron chi connectivity index (χ3n) is 18.5. The Kier molecular flexibility index (Phi) is 63.2. The summed E-state index contributed by atoms with van der Waals surface area (Å²) in [6.07, 6.45) is 2.87. The smallest absolute Gasteiger partial charge is 1.00 e. The number of hydrogen-bond donors (Lipinski definition) is 2. The van der Waals surface area contributed by atoms with E-state index in [2.05, 4.69) is 143 Å². The van der Waals surface area contributed by atoms with Crippen LogP contribution in [0.3, 0.4) is 0 Å². The van der Waals surface area contributed by atoms with Crippen molar-refractivity contribution in [2.75, 3.05) is 51.7 Å². The van der Waals surface area contributed by atoms with E-state index in [-0.39, 0.29) is 72.6 Å². The summed E-state index contributed by atoms with van der Waals surface area (Å²) in [4.78, 5) is 46.4. The number of rotatable bonds is 30. The number of aryl methyl sites for hydroxylation is 3. The Morgan fingerprint density at radius 3 is 0.993 bits per heavy atom. The van der Waals surface area contributed by atoms with Gasteiger partial charge in [0.05, 0.1) is 54.8 Å². The first kappa shape index (κ1) is 126. The summed E-state index contributed by atoms with van der Waals surface area (Å²) in [7, 11) is 1.49. The molecule has 0 aliphatic heterocycles. The maximum absolute atomic E-state index is 12.5.